The Kier molecular flexibility index (Phi) is 5.95. The van der Waals surface area contributed by atoms with Gasteiger partial charge in [-0.15, -0.1) is 11.3 Å². The maximum absolute atomic E-state index is 13.3. The summed E-state index contributed by atoms with van der Waals surface area (Å²) < 4.78 is 1.90. The summed E-state index contributed by atoms with van der Waals surface area (Å²) in [6.45, 7) is 11.9. The van der Waals surface area contributed by atoms with Gasteiger partial charge >= 0.3 is 0 Å². The third-order valence-electron chi connectivity index (χ3n) is 4.73. The summed E-state index contributed by atoms with van der Waals surface area (Å²) in [5.74, 6) is 0.0659. The van der Waals surface area contributed by atoms with Crippen LogP contribution in [0.5, 0.6) is 0 Å². The number of hydrogen-bond acceptors (Lipinski definition) is 4. The molecule has 0 saturated carbocycles. The van der Waals surface area contributed by atoms with Gasteiger partial charge in [-0.2, -0.15) is 5.10 Å². The largest absolute Gasteiger partial charge is 0.339 e. The fourth-order valence-corrected chi connectivity index (χ4v) is 4.02. The van der Waals surface area contributed by atoms with Gasteiger partial charge in [0.15, 0.2) is 5.65 Å². The monoisotopic (exact) mass is 384 g/mol. The van der Waals surface area contributed by atoms with E-state index in [-0.39, 0.29) is 11.9 Å². The molecule has 0 saturated heterocycles. The zero-order valence-corrected chi connectivity index (χ0v) is 17.6. The van der Waals surface area contributed by atoms with Crippen LogP contribution in [-0.4, -0.2) is 38.7 Å². The molecule has 6 heteroatoms. The van der Waals surface area contributed by atoms with E-state index in [1.807, 2.05) is 22.6 Å². The molecule has 0 spiro atoms. The second-order valence-electron chi connectivity index (χ2n) is 7.12. The van der Waals surface area contributed by atoms with Gasteiger partial charge in [-0.3, -0.25) is 4.79 Å². The van der Waals surface area contributed by atoms with Crippen LogP contribution in [0, 0.1) is 6.92 Å². The molecule has 0 radical (unpaired) electrons. The minimum absolute atomic E-state index is 0.0659. The van der Waals surface area contributed by atoms with Gasteiger partial charge in [0.25, 0.3) is 5.91 Å². The highest BCUT2D eigenvalue weighted by Gasteiger charge is 2.22. The highest BCUT2D eigenvalue weighted by Crippen LogP contribution is 2.31. The highest BCUT2D eigenvalue weighted by atomic mass is 32.1. The van der Waals surface area contributed by atoms with E-state index in [9.17, 15) is 4.79 Å². The summed E-state index contributed by atoms with van der Waals surface area (Å²) in [6.07, 6.45) is 3.86. The number of aryl methyl sites for hydroxylation is 1. The molecule has 144 valence electrons. The zero-order valence-electron chi connectivity index (χ0n) is 16.8. The Morgan fingerprint density at radius 1 is 1.30 bits per heavy atom. The van der Waals surface area contributed by atoms with Gasteiger partial charge in [0.1, 0.15) is 0 Å². The number of hydrogen-bond donors (Lipinski definition) is 0. The molecule has 3 heterocycles. The lowest BCUT2D eigenvalue weighted by atomic mass is 10.1. The molecule has 0 bridgehead atoms. The average molecular weight is 385 g/mol. The molecule has 3 aromatic rings. The predicted molar refractivity (Wildman–Crippen MR) is 112 cm³/mol. The van der Waals surface area contributed by atoms with Crippen LogP contribution in [0.15, 0.2) is 24.4 Å². The Labute approximate surface area is 165 Å². The molecule has 0 aliphatic heterocycles. The molecule has 0 fully saturated rings. The topological polar surface area (TPSA) is 51.0 Å². The van der Waals surface area contributed by atoms with Gasteiger partial charge in [0.2, 0.25) is 0 Å². The van der Waals surface area contributed by atoms with Gasteiger partial charge in [0.05, 0.1) is 27.7 Å². The van der Waals surface area contributed by atoms with Crippen LogP contribution >= 0.6 is 11.3 Å². The number of aromatic nitrogens is 3. The van der Waals surface area contributed by atoms with E-state index in [0.29, 0.717) is 12.1 Å². The van der Waals surface area contributed by atoms with Crippen LogP contribution < -0.4 is 0 Å². The zero-order chi connectivity index (χ0) is 19.6. The van der Waals surface area contributed by atoms with E-state index in [0.717, 1.165) is 41.0 Å². The average Bonchev–Trinajstić information content (AvgIpc) is 3.27. The van der Waals surface area contributed by atoms with E-state index < -0.39 is 0 Å². The summed E-state index contributed by atoms with van der Waals surface area (Å²) in [7, 11) is 0. The number of rotatable bonds is 7. The number of fused-ring (bicyclic) bond motifs is 1. The van der Waals surface area contributed by atoms with E-state index in [4.69, 9.17) is 4.98 Å². The van der Waals surface area contributed by atoms with Crippen molar-refractivity contribution in [2.24, 2.45) is 0 Å². The maximum Gasteiger partial charge on any atom is 0.254 e. The summed E-state index contributed by atoms with van der Waals surface area (Å²) in [5.41, 5.74) is 2.33. The SMILES string of the molecule is CCCCN(CC)C(=O)c1cc(-c2ccc(C)s2)nc2c1cnn2C(C)C. The Morgan fingerprint density at radius 3 is 2.67 bits per heavy atom. The minimum Gasteiger partial charge on any atom is -0.339 e. The van der Waals surface area contributed by atoms with Gasteiger partial charge in [-0.1, -0.05) is 13.3 Å². The fourth-order valence-electron chi connectivity index (χ4n) is 3.19. The molecule has 0 aliphatic carbocycles. The van der Waals surface area contributed by atoms with Gasteiger partial charge < -0.3 is 4.90 Å². The Balaban J connectivity index is 2.16. The summed E-state index contributed by atoms with van der Waals surface area (Å²) >= 11 is 1.70. The van der Waals surface area contributed by atoms with E-state index >= 15 is 0 Å². The van der Waals surface area contributed by atoms with E-state index in [1.165, 1.54) is 4.88 Å². The van der Waals surface area contributed by atoms with Crippen LogP contribution in [0.1, 0.15) is 61.8 Å². The third kappa shape index (κ3) is 3.90. The predicted octanol–water partition coefficient (Wildman–Crippen LogP) is 5.31. The highest BCUT2D eigenvalue weighted by molar-refractivity contribution is 7.15. The summed E-state index contributed by atoms with van der Waals surface area (Å²) in [4.78, 5) is 22.4. The van der Waals surface area contributed by atoms with Crippen molar-refractivity contribution in [3.63, 3.8) is 0 Å². The van der Waals surface area contributed by atoms with Gasteiger partial charge in [-0.05, 0) is 52.3 Å². The normalized spacial score (nSPS) is 11.5. The van der Waals surface area contributed by atoms with E-state index in [2.05, 4.69) is 44.9 Å². The maximum atomic E-state index is 13.3. The Hall–Kier alpha value is -2.21. The smallest absolute Gasteiger partial charge is 0.254 e. The molecule has 27 heavy (non-hydrogen) atoms. The first-order valence-corrected chi connectivity index (χ1v) is 10.5. The minimum atomic E-state index is 0.0659. The molecule has 3 rings (SSSR count). The number of carbonyl (C=O) groups is 1. The number of nitrogens with zero attached hydrogens (tertiary/aromatic N) is 4. The number of amides is 1. The first-order valence-electron chi connectivity index (χ1n) is 9.70. The van der Waals surface area contributed by atoms with Crippen LogP contribution in [0.2, 0.25) is 0 Å². The fraction of sp³-hybridized carbons (Fsp3) is 0.476. The van der Waals surface area contributed by atoms with Crippen molar-refractivity contribution in [2.75, 3.05) is 13.1 Å². The molecule has 1 amide bonds. The molecule has 0 unspecified atom stereocenters. The van der Waals surface area contributed by atoms with Crippen LogP contribution in [0.3, 0.4) is 0 Å². The summed E-state index contributed by atoms with van der Waals surface area (Å²) in [6, 6.07) is 6.29. The first kappa shape index (κ1) is 19.5. The van der Waals surface area contributed by atoms with Crippen molar-refractivity contribution in [3.05, 3.63) is 34.8 Å². The second-order valence-corrected chi connectivity index (χ2v) is 8.41. The molecule has 0 N–H and O–H groups in total. The number of carbonyl (C=O) groups excluding carboxylic acids is 1. The lowest BCUT2D eigenvalue weighted by Crippen LogP contribution is -2.32. The van der Waals surface area contributed by atoms with E-state index in [1.54, 1.807) is 17.5 Å². The number of pyridine rings is 1. The third-order valence-corrected chi connectivity index (χ3v) is 5.75. The Bertz CT molecular complexity index is 941. The van der Waals surface area contributed by atoms with Crippen molar-refractivity contribution < 1.29 is 4.79 Å². The second kappa shape index (κ2) is 8.21. The van der Waals surface area contributed by atoms with Crippen molar-refractivity contribution in [3.8, 4) is 10.6 Å². The van der Waals surface area contributed by atoms with Crippen LogP contribution in [0.25, 0.3) is 21.6 Å². The van der Waals surface area contributed by atoms with Gasteiger partial charge in [0, 0.05) is 24.0 Å². The lowest BCUT2D eigenvalue weighted by Gasteiger charge is -2.21. The van der Waals surface area contributed by atoms with Crippen molar-refractivity contribution in [1.82, 2.24) is 19.7 Å². The van der Waals surface area contributed by atoms with Crippen LogP contribution in [0.4, 0.5) is 0 Å². The quantitative estimate of drug-likeness (QED) is 0.554. The molecular weight excluding hydrogens is 356 g/mol. The molecule has 0 aromatic carbocycles. The number of thiophene rings is 1. The molecular formula is C21H28N4OS. The number of unbranched alkanes of at least 4 members (excludes halogenated alkanes) is 1. The van der Waals surface area contributed by atoms with Crippen molar-refractivity contribution >= 4 is 28.3 Å². The van der Waals surface area contributed by atoms with Crippen LogP contribution in [-0.2, 0) is 0 Å². The van der Waals surface area contributed by atoms with Crippen molar-refractivity contribution in [2.45, 2.75) is 53.5 Å². The summed E-state index contributed by atoms with van der Waals surface area (Å²) in [5, 5.41) is 5.35. The molecule has 5 nitrogen and oxygen atoms in total. The molecule has 0 atom stereocenters. The van der Waals surface area contributed by atoms with Gasteiger partial charge in [-0.25, -0.2) is 9.67 Å². The molecule has 3 aromatic heterocycles. The Morgan fingerprint density at radius 2 is 2.07 bits per heavy atom. The first-order chi connectivity index (χ1) is 13.0. The lowest BCUT2D eigenvalue weighted by molar-refractivity contribution is 0.0764. The van der Waals surface area contributed by atoms with Crippen molar-refractivity contribution in [1.29, 1.82) is 0 Å². The standard InChI is InChI=1S/C21H28N4OS/c1-6-8-11-24(7-2)21(26)16-12-18(19-10-9-15(5)27-19)23-20-17(16)13-22-25(20)14(3)4/h9-10,12-14H,6-8,11H2,1-5H3. The molecule has 0 aliphatic rings.